The van der Waals surface area contributed by atoms with Crippen LogP contribution in [0, 0.1) is 0 Å². The molecule has 0 spiro atoms. The number of benzene rings is 4. The van der Waals surface area contributed by atoms with Gasteiger partial charge in [-0.15, -0.1) is 0 Å². The molecule has 1 radical (unpaired) electrons. The third kappa shape index (κ3) is 7.70. The van der Waals surface area contributed by atoms with Crippen LogP contribution in [-0.2, 0) is 19.5 Å². The van der Waals surface area contributed by atoms with E-state index in [0.717, 1.165) is 19.3 Å². The first kappa shape index (κ1) is 28.8. The van der Waals surface area contributed by atoms with Crippen molar-refractivity contribution in [3.05, 3.63) is 145 Å². The van der Waals surface area contributed by atoms with E-state index >= 15 is 0 Å². The monoisotopic (exact) mass is 621 g/mol. The average molecular weight is 622 g/mol. The van der Waals surface area contributed by atoms with Gasteiger partial charge >= 0.3 is 0 Å². The Labute approximate surface area is 244 Å². The van der Waals surface area contributed by atoms with Crippen LogP contribution in [0.25, 0.3) is 0 Å². The van der Waals surface area contributed by atoms with Gasteiger partial charge in [0.25, 0.3) is 0 Å². The minimum atomic E-state index is -0.508. The fourth-order valence-corrected chi connectivity index (χ4v) is 10.9. The van der Waals surface area contributed by atoms with Gasteiger partial charge in [-0.05, 0) is 75.3 Å². The molecule has 4 aromatic carbocycles. The fourth-order valence-electron chi connectivity index (χ4n) is 5.30. The van der Waals surface area contributed by atoms with Crippen molar-refractivity contribution in [2.45, 2.75) is 37.8 Å². The molecule has 0 heterocycles. The predicted molar refractivity (Wildman–Crippen MR) is 167 cm³/mol. The van der Waals surface area contributed by atoms with Crippen LogP contribution >= 0.6 is 15.8 Å². The first-order chi connectivity index (χ1) is 18.4. The zero-order chi connectivity index (χ0) is 25.1. The van der Waals surface area contributed by atoms with E-state index in [4.69, 9.17) is 0 Å². The maximum absolute atomic E-state index is 2.60. The Kier molecular flexibility index (Phi) is 11.7. The third-order valence-electron chi connectivity index (χ3n) is 7.08. The summed E-state index contributed by atoms with van der Waals surface area (Å²) in [6.45, 7) is 0. The molecule has 0 saturated carbocycles. The van der Waals surface area contributed by atoms with E-state index in [1.165, 1.54) is 40.2 Å². The molecule has 0 bridgehead atoms. The van der Waals surface area contributed by atoms with Crippen molar-refractivity contribution in [2.24, 2.45) is 0 Å². The van der Waals surface area contributed by atoms with Gasteiger partial charge in [-0.25, -0.2) is 0 Å². The van der Waals surface area contributed by atoms with Gasteiger partial charge < -0.3 is 0 Å². The Morgan fingerprint density at radius 1 is 0.526 bits per heavy atom. The van der Waals surface area contributed by atoms with Crippen molar-refractivity contribution in [3.8, 4) is 0 Å². The van der Waals surface area contributed by atoms with Gasteiger partial charge in [-0.1, -0.05) is 145 Å². The smallest absolute Gasteiger partial charge is 0.00845 e. The van der Waals surface area contributed by atoms with Crippen LogP contribution < -0.4 is 21.2 Å². The van der Waals surface area contributed by atoms with E-state index in [2.05, 4.69) is 140 Å². The molecule has 1 aliphatic carbocycles. The fraction of sp³-hybridized carbons (Fsp3) is 0.200. The Hall–Kier alpha value is -2.16. The molecule has 1 aliphatic rings. The van der Waals surface area contributed by atoms with Gasteiger partial charge in [0.1, 0.15) is 0 Å². The van der Waals surface area contributed by atoms with Crippen LogP contribution in [0.2, 0.25) is 0 Å². The van der Waals surface area contributed by atoms with Crippen LogP contribution in [0.4, 0.5) is 0 Å². The van der Waals surface area contributed by atoms with Crippen molar-refractivity contribution < 1.29 is 19.5 Å². The SMILES string of the molecule is C1=CCCC(C(CCP(c2ccccc2)c2ccccc2)P(c2ccccc2)c2ccccc2)=CCC1.[Rh]. The Morgan fingerprint density at radius 2 is 0.974 bits per heavy atom. The first-order valence-electron chi connectivity index (χ1n) is 13.5. The van der Waals surface area contributed by atoms with Gasteiger partial charge in [0.15, 0.2) is 0 Å². The summed E-state index contributed by atoms with van der Waals surface area (Å²) in [7, 11) is -0.918. The van der Waals surface area contributed by atoms with Gasteiger partial charge in [0.05, 0.1) is 0 Å². The van der Waals surface area contributed by atoms with Crippen molar-refractivity contribution in [2.75, 3.05) is 6.16 Å². The molecule has 195 valence electrons. The summed E-state index contributed by atoms with van der Waals surface area (Å²) in [6.07, 6.45) is 14.4. The average Bonchev–Trinajstić information content (AvgIpc) is 2.95. The molecular formula is C35H36P2Rh. The summed E-state index contributed by atoms with van der Waals surface area (Å²) >= 11 is 0. The van der Waals surface area contributed by atoms with Crippen molar-refractivity contribution >= 4 is 37.1 Å². The van der Waals surface area contributed by atoms with E-state index in [-0.39, 0.29) is 19.5 Å². The van der Waals surface area contributed by atoms with Crippen LogP contribution in [0.5, 0.6) is 0 Å². The van der Waals surface area contributed by atoms with Crippen molar-refractivity contribution in [1.82, 2.24) is 0 Å². The quantitative estimate of drug-likeness (QED) is 0.101. The van der Waals surface area contributed by atoms with Crippen LogP contribution in [0.15, 0.2) is 145 Å². The van der Waals surface area contributed by atoms with Crippen molar-refractivity contribution in [1.29, 1.82) is 0 Å². The van der Waals surface area contributed by atoms with Crippen LogP contribution in [-0.4, -0.2) is 11.8 Å². The molecule has 0 aliphatic heterocycles. The zero-order valence-corrected chi connectivity index (χ0v) is 25.3. The minimum absolute atomic E-state index is 0. The van der Waals surface area contributed by atoms with Gasteiger partial charge in [-0.2, -0.15) is 0 Å². The van der Waals surface area contributed by atoms with Crippen molar-refractivity contribution in [3.63, 3.8) is 0 Å². The first-order valence-corrected chi connectivity index (χ1v) is 16.4. The van der Waals surface area contributed by atoms with Gasteiger partial charge in [0.2, 0.25) is 0 Å². The van der Waals surface area contributed by atoms with Gasteiger partial charge in [0, 0.05) is 25.1 Å². The summed E-state index contributed by atoms with van der Waals surface area (Å²) in [5.74, 6) is 0. The van der Waals surface area contributed by atoms with Crippen LogP contribution in [0.1, 0.15) is 32.1 Å². The standard InChI is InChI=1S/C35H36P2.Rh/c1-2-8-18-30(19-9-3-1)35(37(33-24-14-6-15-25-33)34-26-16-7-17-27-34)28-29-36(31-20-10-4-11-21-31)32-22-12-5-13-23-32;/h1-2,4-7,10-17,19-27,35H,3,8-9,18,28-29H2;. The summed E-state index contributed by atoms with van der Waals surface area (Å²) < 4.78 is 0. The zero-order valence-electron chi connectivity index (χ0n) is 21.8. The van der Waals surface area contributed by atoms with E-state index < -0.39 is 15.8 Å². The molecule has 3 heteroatoms. The Bertz CT molecular complexity index is 1190. The molecular weight excluding hydrogens is 585 g/mol. The summed E-state index contributed by atoms with van der Waals surface area (Å²) in [5.41, 5.74) is 2.22. The number of allylic oxidation sites excluding steroid dienone is 4. The van der Waals surface area contributed by atoms with E-state index in [0.29, 0.717) is 5.66 Å². The molecule has 4 aromatic rings. The third-order valence-corrected chi connectivity index (χ3v) is 12.5. The summed E-state index contributed by atoms with van der Waals surface area (Å²) in [6, 6.07) is 45.1. The molecule has 0 N–H and O–H groups in total. The molecule has 0 saturated heterocycles. The maximum Gasteiger partial charge on any atom is 0.00845 e. The normalized spacial score (nSPS) is 14.3. The van der Waals surface area contributed by atoms with Crippen LogP contribution in [0.3, 0.4) is 0 Å². The maximum atomic E-state index is 2.60. The Balaban J connectivity index is 0.00000336. The molecule has 1 unspecified atom stereocenters. The largest absolute Gasteiger partial charge is 0.0882 e. The topological polar surface area (TPSA) is 0 Å². The second-order valence-electron chi connectivity index (χ2n) is 9.53. The molecule has 1 atom stereocenters. The molecule has 0 nitrogen and oxygen atoms in total. The minimum Gasteiger partial charge on any atom is -0.0882 e. The van der Waals surface area contributed by atoms with E-state index in [9.17, 15) is 0 Å². The summed E-state index contributed by atoms with van der Waals surface area (Å²) in [4.78, 5) is 0. The summed E-state index contributed by atoms with van der Waals surface area (Å²) in [5, 5.41) is 5.97. The molecule has 0 amide bonds. The predicted octanol–water partition coefficient (Wildman–Crippen LogP) is 8.07. The number of hydrogen-bond donors (Lipinski definition) is 0. The van der Waals surface area contributed by atoms with Gasteiger partial charge in [-0.3, -0.25) is 0 Å². The second-order valence-corrected chi connectivity index (χ2v) is 14.3. The molecule has 5 rings (SSSR count). The van der Waals surface area contributed by atoms with E-state index in [1.54, 1.807) is 5.57 Å². The van der Waals surface area contributed by atoms with E-state index in [1.807, 2.05) is 0 Å². The molecule has 38 heavy (non-hydrogen) atoms. The Morgan fingerprint density at radius 3 is 1.47 bits per heavy atom. The molecule has 0 fully saturated rings. The molecule has 0 aromatic heterocycles. The second kappa shape index (κ2) is 15.4. The number of hydrogen-bond acceptors (Lipinski definition) is 0. The number of rotatable bonds is 9.